The summed E-state index contributed by atoms with van der Waals surface area (Å²) in [6, 6.07) is 7.54. The Morgan fingerprint density at radius 2 is 1.85 bits per heavy atom. The second-order valence-corrected chi connectivity index (χ2v) is 8.83. The van der Waals surface area contributed by atoms with Crippen LogP contribution in [0.1, 0.15) is 62.5 Å². The lowest BCUT2D eigenvalue weighted by molar-refractivity contribution is 0.186. The topological polar surface area (TPSA) is 15.7 Å². The van der Waals surface area contributed by atoms with Gasteiger partial charge in [-0.2, -0.15) is 0 Å². The van der Waals surface area contributed by atoms with Gasteiger partial charge in [-0.05, 0) is 81.3 Å². The van der Waals surface area contributed by atoms with E-state index in [4.69, 9.17) is 4.74 Å². The van der Waals surface area contributed by atoms with Crippen molar-refractivity contribution in [3.05, 3.63) is 29.3 Å². The van der Waals surface area contributed by atoms with E-state index in [1.54, 1.807) is 0 Å². The number of nitrogens with zero attached hydrogens (tertiary/aromatic N) is 2. The van der Waals surface area contributed by atoms with Gasteiger partial charge in [0.2, 0.25) is 0 Å². The number of hydrogen-bond acceptors (Lipinski definition) is 3. The lowest BCUT2D eigenvalue weighted by Gasteiger charge is -2.33. The molecule has 0 N–H and O–H groups in total. The van der Waals surface area contributed by atoms with Crippen LogP contribution in [0.3, 0.4) is 0 Å². The van der Waals surface area contributed by atoms with Crippen LogP contribution in [-0.2, 0) is 13.0 Å². The van der Waals surface area contributed by atoms with Crippen LogP contribution >= 0.6 is 12.4 Å². The van der Waals surface area contributed by atoms with Crippen molar-refractivity contribution in [2.24, 2.45) is 5.92 Å². The zero-order chi connectivity index (χ0) is 17.8. The van der Waals surface area contributed by atoms with Crippen LogP contribution in [0.25, 0.3) is 0 Å². The predicted molar refractivity (Wildman–Crippen MR) is 115 cm³/mol. The van der Waals surface area contributed by atoms with Gasteiger partial charge in [0, 0.05) is 25.7 Å². The number of halogens is 1. The third-order valence-corrected chi connectivity index (χ3v) is 6.90. The Morgan fingerprint density at radius 3 is 2.63 bits per heavy atom. The summed E-state index contributed by atoms with van der Waals surface area (Å²) in [5.41, 5.74) is 3.04. The molecule has 1 aromatic carbocycles. The standard InChI is InChI=1S/C23H36N2O.ClH/c1-24-13-5-8-22(24)12-15-26-23-10-9-20-11-14-25(18-21(20)16-23)17-19-6-3-2-4-7-19;/h9-10,16,19,22H,2-8,11-15,17-18H2,1H3;1H/t22-;/m0./s1. The Morgan fingerprint density at radius 1 is 1.00 bits per heavy atom. The zero-order valence-corrected chi connectivity index (χ0v) is 17.8. The second-order valence-electron chi connectivity index (χ2n) is 8.83. The smallest absolute Gasteiger partial charge is 0.119 e. The third kappa shape index (κ3) is 5.62. The van der Waals surface area contributed by atoms with Gasteiger partial charge in [0.1, 0.15) is 5.75 Å². The third-order valence-electron chi connectivity index (χ3n) is 6.90. The molecule has 0 unspecified atom stereocenters. The first-order chi connectivity index (χ1) is 12.8. The van der Waals surface area contributed by atoms with Crippen molar-refractivity contribution in [2.75, 3.05) is 33.3 Å². The van der Waals surface area contributed by atoms with Gasteiger partial charge in [-0.15, -0.1) is 12.4 Å². The molecule has 4 rings (SSSR count). The summed E-state index contributed by atoms with van der Waals surface area (Å²) < 4.78 is 6.12. The first-order valence-corrected chi connectivity index (χ1v) is 10.9. The molecule has 0 radical (unpaired) electrons. The van der Waals surface area contributed by atoms with Gasteiger partial charge in [0.25, 0.3) is 0 Å². The Hall–Kier alpha value is -0.770. The fraction of sp³-hybridized carbons (Fsp3) is 0.739. The van der Waals surface area contributed by atoms with E-state index in [2.05, 4.69) is 35.0 Å². The zero-order valence-electron chi connectivity index (χ0n) is 17.0. The van der Waals surface area contributed by atoms with Crippen LogP contribution in [0.4, 0.5) is 0 Å². The minimum absolute atomic E-state index is 0. The average molecular weight is 393 g/mol. The Kier molecular flexibility index (Phi) is 7.86. The van der Waals surface area contributed by atoms with Gasteiger partial charge in [-0.25, -0.2) is 0 Å². The summed E-state index contributed by atoms with van der Waals surface area (Å²) in [5, 5.41) is 0. The molecule has 27 heavy (non-hydrogen) atoms. The van der Waals surface area contributed by atoms with Crippen molar-refractivity contribution >= 4 is 12.4 Å². The van der Waals surface area contributed by atoms with Gasteiger partial charge in [0.15, 0.2) is 0 Å². The molecule has 1 atom stereocenters. The lowest BCUT2D eigenvalue weighted by Crippen LogP contribution is -2.35. The van der Waals surface area contributed by atoms with Crippen molar-refractivity contribution < 1.29 is 4.74 Å². The maximum atomic E-state index is 6.12. The SMILES string of the molecule is CN1CCC[C@H]1CCOc1ccc2c(c1)CN(CC1CCCCC1)CC2.Cl. The number of fused-ring (bicyclic) bond motifs is 1. The Balaban J connectivity index is 0.00000210. The molecule has 4 heteroatoms. The summed E-state index contributed by atoms with van der Waals surface area (Å²) in [6.07, 6.45) is 12.3. The van der Waals surface area contributed by atoms with E-state index in [1.165, 1.54) is 82.1 Å². The first-order valence-electron chi connectivity index (χ1n) is 10.9. The van der Waals surface area contributed by atoms with Crippen LogP contribution in [0, 0.1) is 5.92 Å². The average Bonchev–Trinajstić information content (AvgIpc) is 3.07. The molecular formula is C23H37ClN2O. The molecule has 1 aromatic rings. The predicted octanol–water partition coefficient (Wildman–Crippen LogP) is 4.91. The van der Waals surface area contributed by atoms with Crippen molar-refractivity contribution in [1.82, 2.24) is 9.80 Å². The van der Waals surface area contributed by atoms with Crippen LogP contribution in [0.2, 0.25) is 0 Å². The van der Waals surface area contributed by atoms with Crippen molar-refractivity contribution in [3.63, 3.8) is 0 Å². The highest BCUT2D eigenvalue weighted by Crippen LogP contribution is 2.28. The van der Waals surface area contributed by atoms with E-state index in [1.807, 2.05) is 0 Å². The van der Waals surface area contributed by atoms with Crippen LogP contribution in [0.5, 0.6) is 5.75 Å². The number of benzene rings is 1. The van der Waals surface area contributed by atoms with E-state index in [0.717, 1.165) is 37.3 Å². The molecule has 152 valence electrons. The van der Waals surface area contributed by atoms with Gasteiger partial charge in [-0.3, -0.25) is 4.90 Å². The van der Waals surface area contributed by atoms with Crippen LogP contribution < -0.4 is 4.74 Å². The van der Waals surface area contributed by atoms with E-state index in [9.17, 15) is 0 Å². The number of hydrogen-bond donors (Lipinski definition) is 0. The van der Waals surface area contributed by atoms with Gasteiger partial charge in [0.05, 0.1) is 6.61 Å². The fourth-order valence-electron chi connectivity index (χ4n) is 5.23. The molecule has 1 saturated heterocycles. The molecule has 3 aliphatic rings. The summed E-state index contributed by atoms with van der Waals surface area (Å²) >= 11 is 0. The Bertz CT molecular complexity index is 588. The largest absolute Gasteiger partial charge is 0.494 e. The highest BCUT2D eigenvalue weighted by molar-refractivity contribution is 5.85. The quantitative estimate of drug-likeness (QED) is 0.684. The molecule has 2 heterocycles. The molecule has 2 aliphatic heterocycles. The van der Waals surface area contributed by atoms with Crippen molar-refractivity contribution in [2.45, 2.75) is 70.4 Å². The van der Waals surface area contributed by atoms with Crippen molar-refractivity contribution in [1.29, 1.82) is 0 Å². The molecule has 1 saturated carbocycles. The molecule has 0 bridgehead atoms. The summed E-state index contributed by atoms with van der Waals surface area (Å²) in [7, 11) is 2.25. The molecular weight excluding hydrogens is 356 g/mol. The molecule has 2 fully saturated rings. The number of ether oxygens (including phenoxy) is 1. The Labute approximate surface area is 171 Å². The van der Waals surface area contributed by atoms with Gasteiger partial charge >= 0.3 is 0 Å². The minimum atomic E-state index is 0. The molecule has 3 nitrogen and oxygen atoms in total. The summed E-state index contributed by atoms with van der Waals surface area (Å²) in [4.78, 5) is 5.18. The summed E-state index contributed by atoms with van der Waals surface area (Å²) in [6.45, 7) is 5.75. The van der Waals surface area contributed by atoms with Gasteiger partial charge in [-0.1, -0.05) is 25.3 Å². The number of rotatable bonds is 6. The highest BCUT2D eigenvalue weighted by Gasteiger charge is 2.22. The minimum Gasteiger partial charge on any atom is -0.494 e. The normalized spacial score (nSPS) is 24.4. The highest BCUT2D eigenvalue weighted by atomic mass is 35.5. The lowest BCUT2D eigenvalue weighted by atomic mass is 9.88. The summed E-state index contributed by atoms with van der Waals surface area (Å²) in [5.74, 6) is 2.01. The maximum Gasteiger partial charge on any atom is 0.119 e. The molecule has 0 amide bonds. The van der Waals surface area contributed by atoms with Crippen LogP contribution in [0.15, 0.2) is 18.2 Å². The fourth-order valence-corrected chi connectivity index (χ4v) is 5.23. The van der Waals surface area contributed by atoms with E-state index in [-0.39, 0.29) is 12.4 Å². The first kappa shape index (κ1) is 21.0. The maximum absolute atomic E-state index is 6.12. The van der Waals surface area contributed by atoms with E-state index in [0.29, 0.717) is 0 Å². The molecule has 1 aliphatic carbocycles. The van der Waals surface area contributed by atoms with Gasteiger partial charge < -0.3 is 9.64 Å². The van der Waals surface area contributed by atoms with E-state index < -0.39 is 0 Å². The molecule has 0 spiro atoms. The monoisotopic (exact) mass is 392 g/mol. The number of likely N-dealkylation sites (tertiary alicyclic amines) is 1. The second kappa shape index (κ2) is 10.1. The van der Waals surface area contributed by atoms with Crippen molar-refractivity contribution in [3.8, 4) is 5.75 Å². The molecule has 0 aromatic heterocycles. The van der Waals surface area contributed by atoms with E-state index >= 15 is 0 Å². The van der Waals surface area contributed by atoms with Crippen LogP contribution in [-0.4, -0.2) is 49.1 Å².